The summed E-state index contributed by atoms with van der Waals surface area (Å²) in [5, 5.41) is 4.50. The maximum absolute atomic E-state index is 6.33. The van der Waals surface area contributed by atoms with Crippen LogP contribution in [0.5, 0.6) is 0 Å². The summed E-state index contributed by atoms with van der Waals surface area (Å²) in [4.78, 5) is 2.40. The van der Waals surface area contributed by atoms with Crippen molar-refractivity contribution in [1.82, 2.24) is 5.32 Å². The van der Waals surface area contributed by atoms with E-state index in [4.69, 9.17) is 11.6 Å². The molecule has 100 valence electrons. The first-order valence-electron chi connectivity index (χ1n) is 6.55. The second-order valence-electron chi connectivity index (χ2n) is 4.93. The van der Waals surface area contributed by atoms with Gasteiger partial charge in [0.05, 0.1) is 10.7 Å². The molecule has 18 heavy (non-hydrogen) atoms. The van der Waals surface area contributed by atoms with E-state index in [1.807, 2.05) is 12.1 Å². The fraction of sp³-hybridized carbons (Fsp3) is 0.571. The summed E-state index contributed by atoms with van der Waals surface area (Å²) in [7, 11) is 0. The van der Waals surface area contributed by atoms with E-state index in [0.717, 1.165) is 47.7 Å². The van der Waals surface area contributed by atoms with E-state index in [1.54, 1.807) is 0 Å². The Morgan fingerprint density at radius 3 is 2.78 bits per heavy atom. The molecule has 1 aliphatic heterocycles. The Morgan fingerprint density at radius 2 is 2.11 bits per heavy atom. The fourth-order valence-corrected chi connectivity index (χ4v) is 3.20. The average Bonchev–Trinajstić information content (AvgIpc) is 2.41. The van der Waals surface area contributed by atoms with Crippen molar-refractivity contribution in [2.24, 2.45) is 0 Å². The number of hydrogen-bond donors (Lipinski definition) is 1. The predicted molar refractivity (Wildman–Crippen MR) is 82.7 cm³/mol. The third-order valence-electron chi connectivity index (χ3n) is 3.98. The number of nitrogens with zero attached hydrogens (tertiary/aromatic N) is 1. The van der Waals surface area contributed by atoms with Gasteiger partial charge in [-0.15, -0.1) is 0 Å². The van der Waals surface area contributed by atoms with Crippen LogP contribution in [-0.4, -0.2) is 25.2 Å². The van der Waals surface area contributed by atoms with Crippen molar-refractivity contribution in [2.75, 3.05) is 24.5 Å². The van der Waals surface area contributed by atoms with Gasteiger partial charge in [0.15, 0.2) is 0 Å². The third-order valence-corrected chi connectivity index (χ3v) is 4.79. The maximum atomic E-state index is 6.33. The Bertz CT molecular complexity index is 418. The molecule has 1 aromatic carbocycles. The van der Waals surface area contributed by atoms with Crippen molar-refractivity contribution in [3.63, 3.8) is 0 Å². The smallest absolute Gasteiger partial charge is 0.0640 e. The van der Waals surface area contributed by atoms with Crippen LogP contribution in [-0.2, 0) is 0 Å². The lowest BCUT2D eigenvalue weighted by molar-refractivity contribution is 0.277. The lowest BCUT2D eigenvalue weighted by Crippen LogP contribution is -2.60. The molecule has 1 N–H and O–H groups in total. The average molecular weight is 332 g/mol. The third kappa shape index (κ3) is 2.84. The number of anilines is 1. The van der Waals surface area contributed by atoms with Gasteiger partial charge < -0.3 is 10.2 Å². The van der Waals surface area contributed by atoms with Gasteiger partial charge in [-0.2, -0.15) is 0 Å². The fourth-order valence-electron chi connectivity index (χ4n) is 2.61. The monoisotopic (exact) mass is 330 g/mol. The first-order chi connectivity index (χ1) is 8.60. The summed E-state index contributed by atoms with van der Waals surface area (Å²) >= 11 is 9.85. The normalized spacial score (nSPS) is 19.0. The highest BCUT2D eigenvalue weighted by molar-refractivity contribution is 9.10. The lowest BCUT2D eigenvalue weighted by atomic mass is 9.90. The largest absolute Gasteiger partial charge is 0.367 e. The van der Waals surface area contributed by atoms with Gasteiger partial charge in [-0.1, -0.05) is 41.4 Å². The van der Waals surface area contributed by atoms with Crippen molar-refractivity contribution in [3.05, 3.63) is 27.7 Å². The van der Waals surface area contributed by atoms with E-state index in [9.17, 15) is 0 Å². The summed E-state index contributed by atoms with van der Waals surface area (Å²) in [6, 6.07) is 6.06. The minimum Gasteiger partial charge on any atom is -0.367 e. The molecule has 0 bridgehead atoms. The van der Waals surface area contributed by atoms with Crippen LogP contribution < -0.4 is 10.2 Å². The molecule has 0 unspecified atom stereocenters. The van der Waals surface area contributed by atoms with E-state index in [2.05, 4.69) is 46.1 Å². The predicted octanol–water partition coefficient (Wildman–Crippen LogP) is 4.07. The van der Waals surface area contributed by atoms with Crippen molar-refractivity contribution in [1.29, 1.82) is 0 Å². The van der Waals surface area contributed by atoms with E-state index in [-0.39, 0.29) is 5.54 Å². The van der Waals surface area contributed by atoms with Gasteiger partial charge in [0.1, 0.15) is 0 Å². The minimum atomic E-state index is 0.226. The summed E-state index contributed by atoms with van der Waals surface area (Å²) in [5.41, 5.74) is 1.36. The SMILES string of the molecule is CCC1(CC)CN(c2cc(Br)ccc2Cl)CCN1. The molecule has 0 aromatic heterocycles. The summed E-state index contributed by atoms with van der Waals surface area (Å²) in [6.45, 7) is 7.56. The first kappa shape index (κ1) is 14.2. The zero-order chi connectivity index (χ0) is 13.2. The number of halogens is 2. The molecule has 1 aromatic rings. The summed E-state index contributed by atoms with van der Waals surface area (Å²) in [5.74, 6) is 0. The molecule has 0 radical (unpaired) electrons. The Hall–Kier alpha value is -0.250. The molecule has 0 saturated carbocycles. The highest BCUT2D eigenvalue weighted by atomic mass is 79.9. The van der Waals surface area contributed by atoms with Crippen LogP contribution in [0.4, 0.5) is 5.69 Å². The molecule has 2 rings (SSSR count). The molecule has 1 saturated heterocycles. The molecule has 0 aliphatic carbocycles. The zero-order valence-electron chi connectivity index (χ0n) is 11.0. The van der Waals surface area contributed by atoms with Crippen LogP contribution in [0.15, 0.2) is 22.7 Å². The second kappa shape index (κ2) is 5.81. The van der Waals surface area contributed by atoms with Gasteiger partial charge in [-0.3, -0.25) is 0 Å². The topological polar surface area (TPSA) is 15.3 Å². The molecular weight excluding hydrogens is 312 g/mol. The van der Waals surface area contributed by atoms with Crippen LogP contribution in [0, 0.1) is 0 Å². The summed E-state index contributed by atoms with van der Waals surface area (Å²) < 4.78 is 1.08. The van der Waals surface area contributed by atoms with Gasteiger partial charge in [0.2, 0.25) is 0 Å². The molecule has 0 atom stereocenters. The zero-order valence-corrected chi connectivity index (χ0v) is 13.3. The van der Waals surface area contributed by atoms with Gasteiger partial charge in [0.25, 0.3) is 0 Å². The molecule has 1 aliphatic rings. The first-order valence-corrected chi connectivity index (χ1v) is 7.72. The quantitative estimate of drug-likeness (QED) is 0.898. The van der Waals surface area contributed by atoms with Crippen LogP contribution in [0.3, 0.4) is 0 Å². The Labute approximate surface area is 123 Å². The van der Waals surface area contributed by atoms with E-state index >= 15 is 0 Å². The molecule has 2 nitrogen and oxygen atoms in total. The molecule has 4 heteroatoms. The highest BCUT2D eigenvalue weighted by Gasteiger charge is 2.32. The van der Waals surface area contributed by atoms with Crippen molar-refractivity contribution >= 4 is 33.2 Å². The Morgan fingerprint density at radius 1 is 1.39 bits per heavy atom. The van der Waals surface area contributed by atoms with Gasteiger partial charge in [0, 0.05) is 29.6 Å². The number of benzene rings is 1. The van der Waals surface area contributed by atoms with E-state index < -0.39 is 0 Å². The van der Waals surface area contributed by atoms with Crippen LogP contribution in [0.1, 0.15) is 26.7 Å². The minimum absolute atomic E-state index is 0.226. The number of nitrogens with one attached hydrogen (secondary N) is 1. The summed E-state index contributed by atoms with van der Waals surface area (Å²) in [6.07, 6.45) is 2.29. The van der Waals surface area contributed by atoms with Crippen molar-refractivity contribution in [3.8, 4) is 0 Å². The van der Waals surface area contributed by atoms with Gasteiger partial charge >= 0.3 is 0 Å². The van der Waals surface area contributed by atoms with Crippen LogP contribution >= 0.6 is 27.5 Å². The Balaban J connectivity index is 2.25. The second-order valence-corrected chi connectivity index (χ2v) is 6.25. The number of hydrogen-bond acceptors (Lipinski definition) is 2. The maximum Gasteiger partial charge on any atom is 0.0640 e. The van der Waals surface area contributed by atoms with E-state index in [0.29, 0.717) is 0 Å². The highest BCUT2D eigenvalue weighted by Crippen LogP contribution is 2.32. The lowest BCUT2D eigenvalue weighted by Gasteiger charge is -2.44. The van der Waals surface area contributed by atoms with Crippen LogP contribution in [0.25, 0.3) is 0 Å². The van der Waals surface area contributed by atoms with E-state index in [1.165, 1.54) is 0 Å². The number of piperazine rings is 1. The molecular formula is C14H20BrClN2. The number of rotatable bonds is 3. The molecule has 0 spiro atoms. The van der Waals surface area contributed by atoms with Crippen LogP contribution in [0.2, 0.25) is 5.02 Å². The standard InChI is InChI=1S/C14H20BrClN2/c1-3-14(4-2)10-18(8-7-17-14)13-9-11(15)5-6-12(13)16/h5-6,9,17H,3-4,7-8,10H2,1-2H3. The van der Waals surface area contributed by atoms with Gasteiger partial charge in [-0.05, 0) is 31.0 Å². The molecule has 1 heterocycles. The van der Waals surface area contributed by atoms with Crippen molar-refractivity contribution in [2.45, 2.75) is 32.2 Å². The van der Waals surface area contributed by atoms with Crippen molar-refractivity contribution < 1.29 is 0 Å². The molecule has 1 fully saturated rings. The molecule has 0 amide bonds. The Kier molecular flexibility index (Phi) is 4.57. The van der Waals surface area contributed by atoms with Gasteiger partial charge in [-0.25, -0.2) is 0 Å².